The van der Waals surface area contributed by atoms with Gasteiger partial charge in [-0.2, -0.15) is 4.98 Å². The monoisotopic (exact) mass is 249 g/mol. The van der Waals surface area contributed by atoms with Crippen LogP contribution in [0.15, 0.2) is 12.5 Å². The molecule has 0 fully saturated rings. The van der Waals surface area contributed by atoms with Crippen molar-refractivity contribution in [1.82, 2.24) is 19.9 Å². The van der Waals surface area contributed by atoms with E-state index >= 15 is 0 Å². The molecule has 2 aromatic heterocycles. The van der Waals surface area contributed by atoms with E-state index in [9.17, 15) is 4.79 Å². The van der Waals surface area contributed by atoms with Crippen molar-refractivity contribution in [3.8, 4) is 11.9 Å². The maximum atomic E-state index is 11.9. The summed E-state index contributed by atoms with van der Waals surface area (Å²) < 4.78 is 0. The summed E-state index contributed by atoms with van der Waals surface area (Å²) in [5, 5.41) is 0. The Kier molecular flexibility index (Phi) is 2.49. The van der Waals surface area contributed by atoms with Crippen molar-refractivity contribution in [2.24, 2.45) is 5.73 Å². The number of aromatic nitrogens is 4. The van der Waals surface area contributed by atoms with Gasteiger partial charge in [-0.25, -0.2) is 9.87 Å². The molecule has 4 N–H and O–H groups in total. The molecule has 0 saturated carbocycles. The molecule has 0 saturated heterocycles. The van der Waals surface area contributed by atoms with E-state index in [1.807, 2.05) is 0 Å². The van der Waals surface area contributed by atoms with Crippen molar-refractivity contribution in [3.05, 3.63) is 23.9 Å². The van der Waals surface area contributed by atoms with E-state index in [0.29, 0.717) is 18.0 Å². The van der Waals surface area contributed by atoms with Crippen LogP contribution in [0.25, 0.3) is 0 Å². The lowest BCUT2D eigenvalue weighted by Gasteiger charge is -2.09. The van der Waals surface area contributed by atoms with Crippen LogP contribution >= 0.6 is 0 Å². The van der Waals surface area contributed by atoms with Crippen LogP contribution in [0.4, 0.5) is 0 Å². The van der Waals surface area contributed by atoms with Crippen molar-refractivity contribution in [1.29, 1.82) is 0 Å². The maximum Gasteiger partial charge on any atom is 0.348 e. The number of hydrogen-bond donors (Lipinski definition) is 3. The number of hydrogen-bond acceptors (Lipinski definition) is 6. The molecule has 3 heterocycles. The van der Waals surface area contributed by atoms with Crippen molar-refractivity contribution < 1.29 is 14.6 Å². The zero-order valence-corrected chi connectivity index (χ0v) is 9.34. The maximum absolute atomic E-state index is 11.9. The molecule has 0 aromatic carbocycles. The molecule has 2 bridgehead atoms. The molecule has 0 spiro atoms. The number of Topliss-reactive ketones (excluding diaryl/α,β-unsaturated/α-hetero) is 1. The number of carbonyl (C=O) groups is 1. The molecule has 0 amide bonds. The minimum Gasteiger partial charge on any atom is -0.348 e. The van der Waals surface area contributed by atoms with Gasteiger partial charge in [0.1, 0.15) is 0 Å². The quantitative estimate of drug-likeness (QED) is 0.614. The van der Waals surface area contributed by atoms with Gasteiger partial charge in [0.15, 0.2) is 5.78 Å². The molecule has 94 valence electrons. The lowest BCUT2D eigenvalue weighted by Crippen LogP contribution is -2.34. The molecule has 0 aliphatic carbocycles. The summed E-state index contributed by atoms with van der Waals surface area (Å²) in [6.45, 7) is 0. The molecule has 8 nitrogen and oxygen atoms in total. The Hall–Kier alpha value is -2.35. The number of H-pyrrole nitrogens is 2. The van der Waals surface area contributed by atoms with Gasteiger partial charge < -0.3 is 15.7 Å². The first-order valence-electron chi connectivity index (χ1n) is 5.41. The second kappa shape index (κ2) is 4.15. The van der Waals surface area contributed by atoms with Crippen molar-refractivity contribution in [3.63, 3.8) is 0 Å². The molecular weight excluding hydrogens is 238 g/mol. The number of fused-ring (bicyclic) bond motifs is 2. The highest BCUT2D eigenvalue weighted by atomic mass is 17.2. The highest BCUT2D eigenvalue weighted by Gasteiger charge is 2.25. The Morgan fingerprint density at radius 2 is 2.39 bits per heavy atom. The summed E-state index contributed by atoms with van der Waals surface area (Å²) in [6, 6.07) is -0.333. The Morgan fingerprint density at radius 1 is 1.50 bits per heavy atom. The van der Waals surface area contributed by atoms with Crippen LogP contribution in [-0.4, -0.2) is 31.8 Å². The van der Waals surface area contributed by atoms with Gasteiger partial charge in [-0.3, -0.25) is 9.68 Å². The minimum atomic E-state index is -0.592. The number of imidazole rings is 2. The molecule has 3 rings (SSSR count). The first kappa shape index (κ1) is 10.8. The molecule has 18 heavy (non-hydrogen) atoms. The fourth-order valence-corrected chi connectivity index (χ4v) is 1.73. The average molecular weight is 249 g/mol. The second-order valence-electron chi connectivity index (χ2n) is 4.02. The molecule has 0 unspecified atom stereocenters. The minimum absolute atomic E-state index is 0.105. The summed E-state index contributed by atoms with van der Waals surface area (Å²) in [7, 11) is 0. The molecule has 1 aliphatic rings. The van der Waals surface area contributed by atoms with Gasteiger partial charge in [0, 0.05) is 18.3 Å². The highest BCUT2D eigenvalue weighted by Crippen LogP contribution is 2.26. The van der Waals surface area contributed by atoms with Crippen LogP contribution in [0.5, 0.6) is 11.9 Å². The number of nitrogens with one attached hydrogen (secondary N) is 2. The molecular formula is C10H11N5O3. The Balaban J connectivity index is 1.62. The van der Waals surface area contributed by atoms with Crippen LogP contribution < -0.4 is 15.5 Å². The summed E-state index contributed by atoms with van der Waals surface area (Å²) in [4.78, 5) is 34.8. The fourth-order valence-electron chi connectivity index (χ4n) is 1.73. The lowest BCUT2D eigenvalue weighted by molar-refractivity contribution is -0.120. The number of carbonyl (C=O) groups excluding carboxylic acids is 1. The first-order valence-corrected chi connectivity index (χ1v) is 5.41. The molecule has 1 atom stereocenters. The van der Waals surface area contributed by atoms with E-state index in [0.717, 1.165) is 5.69 Å². The summed E-state index contributed by atoms with van der Waals surface area (Å²) in [5.41, 5.74) is 7.24. The largest absolute Gasteiger partial charge is 0.348 e. The summed E-state index contributed by atoms with van der Waals surface area (Å²) in [6.07, 6.45) is 3.76. The third-order valence-electron chi connectivity index (χ3n) is 2.68. The van der Waals surface area contributed by atoms with E-state index < -0.39 is 6.04 Å². The number of aromatic amines is 2. The van der Waals surface area contributed by atoms with Gasteiger partial charge in [-0.05, 0) is 0 Å². The van der Waals surface area contributed by atoms with Gasteiger partial charge in [0.05, 0.1) is 24.5 Å². The standard InChI is InChI=1S/C10H11N5O3/c11-6(1-5-3-12-4-13-5)8(16)2-7-9-15-10(14-7)18-17-9/h3-4,6H,1-2,11H2,(H,12,13)(H,14,15)/t6-/m0/s1. The van der Waals surface area contributed by atoms with Crippen molar-refractivity contribution in [2.75, 3.05) is 0 Å². The van der Waals surface area contributed by atoms with Gasteiger partial charge in [0.2, 0.25) is 0 Å². The van der Waals surface area contributed by atoms with E-state index in [1.165, 1.54) is 0 Å². The van der Waals surface area contributed by atoms with Crippen LogP contribution in [0, 0.1) is 0 Å². The Bertz CT molecular complexity index is 562. The summed E-state index contributed by atoms with van der Waals surface area (Å²) in [5.74, 6) is 0.193. The third kappa shape index (κ3) is 1.93. The predicted molar refractivity (Wildman–Crippen MR) is 58.8 cm³/mol. The number of nitrogens with two attached hydrogens (primary N) is 1. The van der Waals surface area contributed by atoms with Crippen LogP contribution in [-0.2, 0) is 17.6 Å². The first-order chi connectivity index (χ1) is 8.72. The van der Waals surface area contributed by atoms with E-state index in [4.69, 9.17) is 10.6 Å². The van der Waals surface area contributed by atoms with Gasteiger partial charge in [0.25, 0.3) is 5.88 Å². The van der Waals surface area contributed by atoms with Gasteiger partial charge in [-0.15, -0.1) is 0 Å². The van der Waals surface area contributed by atoms with Crippen molar-refractivity contribution >= 4 is 5.78 Å². The van der Waals surface area contributed by atoms with Gasteiger partial charge >= 0.3 is 6.01 Å². The van der Waals surface area contributed by atoms with E-state index in [2.05, 4.69) is 24.8 Å². The zero-order valence-electron chi connectivity index (χ0n) is 9.34. The number of rotatable bonds is 5. The normalized spacial score (nSPS) is 14.1. The average Bonchev–Trinajstić information content (AvgIpc) is 3.04. The van der Waals surface area contributed by atoms with E-state index in [-0.39, 0.29) is 18.2 Å². The Labute approximate surface area is 101 Å². The van der Waals surface area contributed by atoms with Crippen molar-refractivity contribution in [2.45, 2.75) is 18.9 Å². The number of nitrogens with zero attached hydrogens (tertiary/aromatic N) is 2. The zero-order chi connectivity index (χ0) is 12.5. The second-order valence-corrected chi connectivity index (χ2v) is 4.02. The molecule has 2 aromatic rings. The molecule has 1 aliphatic heterocycles. The predicted octanol–water partition coefficient (Wildman–Crippen LogP) is -0.499. The Morgan fingerprint density at radius 3 is 3.00 bits per heavy atom. The topological polar surface area (TPSA) is 119 Å². The lowest BCUT2D eigenvalue weighted by atomic mass is 10.0. The molecule has 0 radical (unpaired) electrons. The number of ketones is 1. The SMILES string of the molecule is N[C@@H](Cc1cnc[nH]1)C(=O)Cc1[nH]c2nc1OO2. The molecule has 8 heteroatoms. The fraction of sp³-hybridized carbons (Fsp3) is 0.300. The van der Waals surface area contributed by atoms with Crippen LogP contribution in [0.2, 0.25) is 0 Å². The highest BCUT2D eigenvalue weighted by molar-refractivity contribution is 5.86. The van der Waals surface area contributed by atoms with Crippen LogP contribution in [0.3, 0.4) is 0 Å². The van der Waals surface area contributed by atoms with E-state index in [1.54, 1.807) is 12.5 Å². The third-order valence-corrected chi connectivity index (χ3v) is 2.68. The smallest absolute Gasteiger partial charge is 0.348 e. The van der Waals surface area contributed by atoms with Crippen LogP contribution in [0.1, 0.15) is 11.4 Å². The van der Waals surface area contributed by atoms with Gasteiger partial charge in [-0.1, -0.05) is 0 Å². The summed E-state index contributed by atoms with van der Waals surface area (Å²) >= 11 is 0.